The van der Waals surface area contributed by atoms with Gasteiger partial charge in [0, 0.05) is 37.6 Å². The number of amides is 1. The summed E-state index contributed by atoms with van der Waals surface area (Å²) in [6.45, 7) is 1.16. The summed E-state index contributed by atoms with van der Waals surface area (Å²) in [5.74, 6) is -1.13. The van der Waals surface area contributed by atoms with Crippen LogP contribution < -0.4 is 5.32 Å². The molecule has 1 amide bonds. The smallest absolute Gasteiger partial charge is 0.240 e. The van der Waals surface area contributed by atoms with Crippen molar-refractivity contribution < 1.29 is 19.5 Å². The molecule has 2 aliphatic heterocycles. The van der Waals surface area contributed by atoms with Crippen molar-refractivity contribution in [3.63, 3.8) is 0 Å². The normalized spacial score (nSPS) is 24.9. The maximum atomic E-state index is 13.4. The maximum absolute atomic E-state index is 13.4. The van der Waals surface area contributed by atoms with E-state index in [1.54, 1.807) is 29.4 Å². The number of piperidine rings is 1. The van der Waals surface area contributed by atoms with Crippen molar-refractivity contribution in [1.82, 2.24) is 15.2 Å². The Morgan fingerprint density at radius 2 is 2.03 bits per heavy atom. The molecule has 3 unspecified atom stereocenters. The molecule has 0 bridgehead atoms. The minimum atomic E-state index is -0.754. The standard InChI is InChI=1S/C23H26N4O4/c1-31-26-19-13-25-21(23(30)27-11-3-5-18(28)14-27)20(19)22(29)16-8-6-15(7-9-16)17-4-2-10-24-12-17/h2,4,6-10,12,18,20-21,25,28H,3,5,11,13-14H2,1H3. The number of hydrogen-bond acceptors (Lipinski definition) is 7. The van der Waals surface area contributed by atoms with Gasteiger partial charge in [-0.15, -0.1) is 0 Å². The first kappa shape index (κ1) is 21.1. The second-order valence-corrected chi connectivity index (χ2v) is 7.87. The Hall–Kier alpha value is -3.10. The highest BCUT2D eigenvalue weighted by Crippen LogP contribution is 2.25. The van der Waals surface area contributed by atoms with Crippen LogP contribution in [0.15, 0.2) is 53.9 Å². The average molecular weight is 422 g/mol. The predicted molar refractivity (Wildman–Crippen MR) is 116 cm³/mol. The molecule has 2 saturated heterocycles. The molecule has 0 aliphatic carbocycles. The Morgan fingerprint density at radius 1 is 1.23 bits per heavy atom. The van der Waals surface area contributed by atoms with E-state index < -0.39 is 18.1 Å². The lowest BCUT2D eigenvalue weighted by atomic mass is 9.88. The van der Waals surface area contributed by atoms with Gasteiger partial charge in [0.2, 0.25) is 5.91 Å². The van der Waals surface area contributed by atoms with Crippen molar-refractivity contribution >= 4 is 17.4 Å². The fourth-order valence-electron chi connectivity index (χ4n) is 4.27. The molecule has 4 rings (SSSR count). The largest absolute Gasteiger partial charge is 0.399 e. The van der Waals surface area contributed by atoms with Crippen molar-refractivity contribution in [3.8, 4) is 11.1 Å². The monoisotopic (exact) mass is 422 g/mol. The number of hydrogen-bond donors (Lipinski definition) is 2. The van der Waals surface area contributed by atoms with Crippen molar-refractivity contribution in [2.24, 2.45) is 11.1 Å². The fourth-order valence-corrected chi connectivity index (χ4v) is 4.27. The number of aliphatic hydroxyl groups excluding tert-OH is 1. The molecule has 0 saturated carbocycles. The summed E-state index contributed by atoms with van der Waals surface area (Å²) < 4.78 is 0. The van der Waals surface area contributed by atoms with Gasteiger partial charge in [-0.25, -0.2) is 0 Å². The first-order chi connectivity index (χ1) is 15.1. The van der Waals surface area contributed by atoms with E-state index in [-0.39, 0.29) is 18.2 Å². The number of rotatable bonds is 5. The van der Waals surface area contributed by atoms with Crippen LogP contribution in [0, 0.1) is 5.92 Å². The minimum absolute atomic E-state index is 0.186. The van der Waals surface area contributed by atoms with E-state index >= 15 is 0 Å². The lowest BCUT2D eigenvalue weighted by Gasteiger charge is -2.33. The van der Waals surface area contributed by atoms with Gasteiger partial charge in [0.25, 0.3) is 0 Å². The van der Waals surface area contributed by atoms with E-state index in [1.807, 2.05) is 24.3 Å². The second kappa shape index (κ2) is 9.36. The van der Waals surface area contributed by atoms with Crippen LogP contribution in [-0.4, -0.2) is 71.3 Å². The van der Waals surface area contributed by atoms with Crippen LogP contribution in [0.5, 0.6) is 0 Å². The van der Waals surface area contributed by atoms with Crippen LogP contribution in [0.25, 0.3) is 11.1 Å². The van der Waals surface area contributed by atoms with Crippen molar-refractivity contribution in [2.75, 3.05) is 26.7 Å². The number of oxime groups is 1. The highest BCUT2D eigenvalue weighted by Gasteiger charge is 2.45. The number of benzene rings is 1. The summed E-state index contributed by atoms with van der Waals surface area (Å²) in [6.07, 6.45) is 4.38. The Morgan fingerprint density at radius 3 is 2.71 bits per heavy atom. The van der Waals surface area contributed by atoms with Gasteiger partial charge in [-0.3, -0.25) is 19.9 Å². The van der Waals surface area contributed by atoms with Gasteiger partial charge < -0.3 is 14.8 Å². The van der Waals surface area contributed by atoms with Crippen LogP contribution in [0.4, 0.5) is 0 Å². The Labute approximate surface area is 180 Å². The molecule has 2 aromatic rings. The zero-order valence-corrected chi connectivity index (χ0v) is 17.4. The van der Waals surface area contributed by atoms with Gasteiger partial charge >= 0.3 is 0 Å². The number of β-amino-alcohol motifs (C(OH)–C–C–N with tert-alkyl or cyclic N) is 1. The quantitative estimate of drug-likeness (QED) is 0.559. The van der Waals surface area contributed by atoms with Crippen LogP contribution in [-0.2, 0) is 9.63 Å². The van der Waals surface area contributed by atoms with Crippen LogP contribution in [0.1, 0.15) is 23.2 Å². The molecule has 3 atom stereocenters. The third-order valence-electron chi connectivity index (χ3n) is 5.82. The van der Waals surface area contributed by atoms with E-state index in [1.165, 1.54) is 7.11 Å². The van der Waals surface area contributed by atoms with Gasteiger partial charge in [0.05, 0.1) is 17.7 Å². The number of nitrogens with one attached hydrogen (secondary N) is 1. The van der Waals surface area contributed by atoms with Gasteiger partial charge in [0.15, 0.2) is 5.78 Å². The summed E-state index contributed by atoms with van der Waals surface area (Å²) in [5.41, 5.74) is 2.92. The molecular formula is C23H26N4O4. The van der Waals surface area contributed by atoms with Crippen molar-refractivity contribution in [3.05, 3.63) is 54.4 Å². The molecule has 31 heavy (non-hydrogen) atoms. The lowest BCUT2D eigenvalue weighted by Crippen LogP contribution is -2.52. The first-order valence-electron chi connectivity index (χ1n) is 10.4. The lowest BCUT2D eigenvalue weighted by molar-refractivity contribution is -0.136. The predicted octanol–water partition coefficient (Wildman–Crippen LogP) is 1.50. The molecule has 1 aromatic heterocycles. The van der Waals surface area contributed by atoms with Gasteiger partial charge in [-0.1, -0.05) is 35.5 Å². The summed E-state index contributed by atoms with van der Waals surface area (Å²) >= 11 is 0. The second-order valence-electron chi connectivity index (χ2n) is 7.87. The van der Waals surface area contributed by atoms with E-state index in [2.05, 4.69) is 15.5 Å². The number of carbonyl (C=O) groups excluding carboxylic acids is 2. The van der Waals surface area contributed by atoms with Gasteiger partial charge in [-0.2, -0.15) is 0 Å². The highest BCUT2D eigenvalue weighted by molar-refractivity contribution is 6.17. The van der Waals surface area contributed by atoms with E-state index in [0.29, 0.717) is 30.8 Å². The number of pyridine rings is 1. The van der Waals surface area contributed by atoms with Crippen LogP contribution in [0.2, 0.25) is 0 Å². The molecule has 0 radical (unpaired) electrons. The third kappa shape index (κ3) is 4.50. The zero-order valence-electron chi connectivity index (χ0n) is 17.4. The SMILES string of the molecule is CON=C1CNC(C(=O)N2CCCC(O)C2)C1C(=O)c1ccc(-c2cccnc2)cc1. The highest BCUT2D eigenvalue weighted by atomic mass is 16.6. The Kier molecular flexibility index (Phi) is 6.39. The number of Topliss-reactive ketones (excluding diaryl/α,β-unsaturated/α-hetero) is 1. The molecule has 8 heteroatoms. The summed E-state index contributed by atoms with van der Waals surface area (Å²) in [5, 5.41) is 17.1. The van der Waals surface area contributed by atoms with Crippen molar-refractivity contribution in [1.29, 1.82) is 0 Å². The van der Waals surface area contributed by atoms with E-state index in [0.717, 1.165) is 17.5 Å². The molecular weight excluding hydrogens is 396 g/mol. The number of nitrogens with zero attached hydrogens (tertiary/aromatic N) is 3. The molecule has 0 spiro atoms. The number of ketones is 1. The topological polar surface area (TPSA) is 104 Å². The molecule has 1 aromatic carbocycles. The molecule has 8 nitrogen and oxygen atoms in total. The molecule has 2 N–H and O–H groups in total. The minimum Gasteiger partial charge on any atom is -0.399 e. The van der Waals surface area contributed by atoms with Crippen LogP contribution >= 0.6 is 0 Å². The summed E-state index contributed by atoms with van der Waals surface area (Å²) in [6, 6.07) is 10.4. The number of aliphatic hydroxyl groups is 1. The third-order valence-corrected chi connectivity index (χ3v) is 5.82. The van der Waals surface area contributed by atoms with E-state index in [9.17, 15) is 14.7 Å². The first-order valence-corrected chi connectivity index (χ1v) is 10.4. The average Bonchev–Trinajstić information content (AvgIpc) is 3.22. The van der Waals surface area contributed by atoms with Gasteiger partial charge in [0.1, 0.15) is 13.2 Å². The van der Waals surface area contributed by atoms with Crippen LogP contribution in [0.3, 0.4) is 0 Å². The maximum Gasteiger partial charge on any atom is 0.240 e. The number of carbonyl (C=O) groups is 2. The molecule has 2 aliphatic rings. The van der Waals surface area contributed by atoms with E-state index in [4.69, 9.17) is 4.84 Å². The summed E-state index contributed by atoms with van der Waals surface area (Å²) in [7, 11) is 1.42. The zero-order chi connectivity index (χ0) is 21.8. The molecule has 2 fully saturated rings. The number of likely N-dealkylation sites (tertiary alicyclic amines) is 1. The Balaban J connectivity index is 1.58. The van der Waals surface area contributed by atoms with Gasteiger partial charge in [-0.05, 0) is 30.0 Å². The number of aromatic nitrogens is 1. The summed E-state index contributed by atoms with van der Waals surface area (Å²) in [4.78, 5) is 37.3. The molecule has 162 valence electrons. The Bertz CT molecular complexity index is 961. The molecule has 3 heterocycles. The van der Waals surface area contributed by atoms with Crippen molar-refractivity contribution in [2.45, 2.75) is 25.0 Å². The fraction of sp³-hybridized carbons (Fsp3) is 0.391.